The third kappa shape index (κ3) is 4.60. The first-order valence-electron chi connectivity index (χ1n) is 5.09. The Labute approximate surface area is 100 Å². The molecule has 0 unspecified atom stereocenters. The third-order valence-electron chi connectivity index (χ3n) is 2.23. The molecule has 0 spiro atoms. The van der Waals surface area contributed by atoms with Crippen LogP contribution in [0.4, 0.5) is 30.7 Å². The van der Waals surface area contributed by atoms with Crippen LogP contribution in [0.3, 0.4) is 0 Å². The lowest BCUT2D eigenvalue weighted by Crippen LogP contribution is -2.59. The van der Waals surface area contributed by atoms with Gasteiger partial charge in [0.25, 0.3) is 0 Å². The molecule has 0 rings (SSSR count). The second kappa shape index (κ2) is 6.05. The second-order valence-corrected chi connectivity index (χ2v) is 4.13. The van der Waals surface area contributed by atoms with Crippen LogP contribution in [0.5, 0.6) is 0 Å². The molecule has 18 heavy (non-hydrogen) atoms. The first kappa shape index (κ1) is 17.4. The molecular weight excluding hydrogens is 269 g/mol. The second-order valence-electron chi connectivity index (χ2n) is 4.13. The summed E-state index contributed by atoms with van der Waals surface area (Å²) in [4.78, 5) is 1.71. The van der Waals surface area contributed by atoms with Crippen molar-refractivity contribution in [2.45, 2.75) is 24.4 Å². The van der Waals surface area contributed by atoms with E-state index >= 15 is 0 Å². The maximum Gasteiger partial charge on any atom is 0.432 e. The zero-order valence-electron chi connectivity index (χ0n) is 9.92. The Morgan fingerprint density at radius 1 is 0.889 bits per heavy atom. The third-order valence-corrected chi connectivity index (χ3v) is 2.23. The van der Waals surface area contributed by atoms with E-state index in [4.69, 9.17) is 0 Å². The van der Waals surface area contributed by atoms with Crippen molar-refractivity contribution in [3.63, 3.8) is 0 Å². The molecule has 0 fully saturated rings. The first-order chi connectivity index (χ1) is 7.92. The quantitative estimate of drug-likeness (QED) is 0.595. The van der Waals surface area contributed by atoms with Crippen LogP contribution >= 0.6 is 0 Å². The zero-order chi connectivity index (χ0) is 14.6. The lowest BCUT2D eigenvalue weighted by molar-refractivity contribution is -0.338. The average molecular weight is 284 g/mol. The van der Waals surface area contributed by atoms with Crippen molar-refractivity contribution < 1.29 is 30.7 Å². The molecule has 0 aliphatic rings. The molecule has 0 saturated heterocycles. The van der Waals surface area contributed by atoms with E-state index < -0.39 is 24.6 Å². The summed E-state index contributed by atoms with van der Waals surface area (Å²) < 4.78 is 85.6. The highest BCUT2D eigenvalue weighted by Crippen LogP contribution is 2.45. The first-order valence-corrected chi connectivity index (χ1v) is 5.09. The lowest BCUT2D eigenvalue weighted by Gasteiger charge is -2.30. The van der Waals surface area contributed by atoms with Crippen LogP contribution in [0, 0.1) is 0 Å². The molecule has 0 bridgehead atoms. The van der Waals surface area contributed by atoms with Crippen molar-refractivity contribution >= 4 is 0 Å². The zero-order valence-corrected chi connectivity index (χ0v) is 9.92. The lowest BCUT2D eigenvalue weighted by atomic mass is 10.1. The molecule has 0 aliphatic carbocycles. The van der Waals surface area contributed by atoms with Gasteiger partial charge < -0.3 is 10.2 Å². The molecule has 0 aromatic rings. The van der Waals surface area contributed by atoms with Gasteiger partial charge in [-0.15, -0.1) is 0 Å². The highest BCUT2D eigenvalue weighted by Gasteiger charge is 2.72. The standard InChI is InChI=1S/C9H15F7N2/c1-18(2)5-3-4-17-6-7(10,8(11,12)13)9(14,15)16/h17H,3-6H2,1-2H3. The van der Waals surface area contributed by atoms with Crippen LogP contribution in [-0.4, -0.2) is 56.7 Å². The van der Waals surface area contributed by atoms with E-state index in [0.717, 1.165) is 0 Å². The van der Waals surface area contributed by atoms with Gasteiger partial charge in [-0.1, -0.05) is 0 Å². The molecule has 0 saturated carbocycles. The molecule has 0 heterocycles. The maximum absolute atomic E-state index is 13.1. The minimum Gasteiger partial charge on any atom is -0.313 e. The summed E-state index contributed by atoms with van der Waals surface area (Å²) >= 11 is 0. The number of nitrogens with one attached hydrogen (secondary N) is 1. The monoisotopic (exact) mass is 284 g/mol. The number of alkyl halides is 7. The van der Waals surface area contributed by atoms with E-state index in [9.17, 15) is 30.7 Å². The van der Waals surface area contributed by atoms with Gasteiger partial charge in [-0.2, -0.15) is 26.3 Å². The number of halogens is 7. The van der Waals surface area contributed by atoms with Crippen molar-refractivity contribution in [1.29, 1.82) is 0 Å². The molecule has 0 aromatic heterocycles. The molecule has 2 nitrogen and oxygen atoms in total. The highest BCUT2D eigenvalue weighted by atomic mass is 19.4. The van der Waals surface area contributed by atoms with Crippen molar-refractivity contribution in [2.24, 2.45) is 0 Å². The van der Waals surface area contributed by atoms with Crippen molar-refractivity contribution in [3.05, 3.63) is 0 Å². The molecule has 0 atom stereocenters. The fourth-order valence-corrected chi connectivity index (χ4v) is 1.14. The van der Waals surface area contributed by atoms with Crippen LogP contribution in [0.2, 0.25) is 0 Å². The number of nitrogens with zero attached hydrogens (tertiary/aromatic N) is 1. The van der Waals surface area contributed by atoms with E-state index in [1.165, 1.54) is 0 Å². The van der Waals surface area contributed by atoms with Gasteiger partial charge in [0.1, 0.15) is 0 Å². The molecule has 0 aromatic carbocycles. The minimum atomic E-state index is -5.99. The molecular formula is C9H15F7N2. The van der Waals surface area contributed by atoms with E-state index in [1.807, 2.05) is 5.32 Å². The Morgan fingerprint density at radius 2 is 1.33 bits per heavy atom. The number of hydrogen-bond donors (Lipinski definition) is 1. The van der Waals surface area contributed by atoms with Gasteiger partial charge in [-0.05, 0) is 33.6 Å². The fourth-order valence-electron chi connectivity index (χ4n) is 1.14. The van der Waals surface area contributed by atoms with Gasteiger partial charge in [0.05, 0.1) is 0 Å². The molecule has 0 radical (unpaired) electrons. The Bertz CT molecular complexity index is 232. The highest BCUT2D eigenvalue weighted by molar-refractivity contribution is 4.96. The molecule has 0 amide bonds. The molecule has 9 heteroatoms. The summed E-state index contributed by atoms with van der Waals surface area (Å²) in [5, 5.41) is 1.85. The summed E-state index contributed by atoms with van der Waals surface area (Å²) in [5.74, 6) is 0. The van der Waals surface area contributed by atoms with E-state index in [0.29, 0.717) is 13.0 Å². The van der Waals surface area contributed by atoms with Gasteiger partial charge >= 0.3 is 18.0 Å². The van der Waals surface area contributed by atoms with E-state index in [-0.39, 0.29) is 6.54 Å². The fraction of sp³-hybridized carbons (Fsp3) is 1.00. The predicted molar refractivity (Wildman–Crippen MR) is 52.0 cm³/mol. The number of rotatable bonds is 6. The summed E-state index contributed by atoms with van der Waals surface area (Å²) in [7, 11) is 3.40. The smallest absolute Gasteiger partial charge is 0.313 e. The minimum absolute atomic E-state index is 0.129. The van der Waals surface area contributed by atoms with Crippen LogP contribution in [0.1, 0.15) is 6.42 Å². The Morgan fingerprint density at radius 3 is 1.67 bits per heavy atom. The Balaban J connectivity index is 4.39. The summed E-state index contributed by atoms with van der Waals surface area (Å²) in [5.41, 5.74) is -5.21. The Kier molecular flexibility index (Phi) is 5.86. The normalized spacial score (nSPS) is 14.3. The Hall–Kier alpha value is -0.570. The topological polar surface area (TPSA) is 15.3 Å². The maximum atomic E-state index is 13.1. The van der Waals surface area contributed by atoms with E-state index in [2.05, 4.69) is 0 Å². The van der Waals surface area contributed by atoms with Gasteiger partial charge in [0.15, 0.2) is 0 Å². The SMILES string of the molecule is CN(C)CCCNCC(F)(C(F)(F)F)C(F)(F)F. The van der Waals surface area contributed by atoms with Crippen LogP contribution < -0.4 is 5.32 Å². The molecule has 110 valence electrons. The van der Waals surface area contributed by atoms with Gasteiger partial charge in [0.2, 0.25) is 0 Å². The number of hydrogen-bond acceptors (Lipinski definition) is 2. The molecule has 0 aliphatic heterocycles. The van der Waals surface area contributed by atoms with Crippen LogP contribution in [-0.2, 0) is 0 Å². The largest absolute Gasteiger partial charge is 0.432 e. The van der Waals surface area contributed by atoms with Crippen molar-refractivity contribution in [3.8, 4) is 0 Å². The van der Waals surface area contributed by atoms with E-state index in [1.54, 1.807) is 19.0 Å². The average Bonchev–Trinajstić information content (AvgIpc) is 2.12. The van der Waals surface area contributed by atoms with Gasteiger partial charge in [0, 0.05) is 6.54 Å². The van der Waals surface area contributed by atoms with Gasteiger partial charge in [-0.3, -0.25) is 0 Å². The predicted octanol–water partition coefficient (Wildman–Crippen LogP) is 2.36. The van der Waals surface area contributed by atoms with Crippen LogP contribution in [0.15, 0.2) is 0 Å². The summed E-state index contributed by atoms with van der Waals surface area (Å²) in [6.07, 6.45) is -11.7. The summed E-state index contributed by atoms with van der Waals surface area (Å²) in [6.45, 7) is -1.48. The van der Waals surface area contributed by atoms with Crippen molar-refractivity contribution in [2.75, 3.05) is 33.7 Å². The van der Waals surface area contributed by atoms with Crippen LogP contribution in [0.25, 0.3) is 0 Å². The van der Waals surface area contributed by atoms with Gasteiger partial charge in [-0.25, -0.2) is 4.39 Å². The van der Waals surface area contributed by atoms with Crippen molar-refractivity contribution in [1.82, 2.24) is 10.2 Å². The summed E-state index contributed by atoms with van der Waals surface area (Å²) in [6, 6.07) is 0. The molecule has 1 N–H and O–H groups in total.